The number of benzene rings is 3. The van der Waals surface area contributed by atoms with Gasteiger partial charge in [0.25, 0.3) is 5.91 Å². The van der Waals surface area contributed by atoms with E-state index in [2.05, 4.69) is 10.6 Å². The summed E-state index contributed by atoms with van der Waals surface area (Å²) in [6.07, 6.45) is 1.01. The molecule has 3 aromatic rings. The third-order valence-corrected chi connectivity index (χ3v) is 5.39. The summed E-state index contributed by atoms with van der Waals surface area (Å²) in [5, 5.41) is 5.83. The summed E-state index contributed by atoms with van der Waals surface area (Å²) >= 11 is 0. The molecule has 0 bridgehead atoms. The highest BCUT2D eigenvalue weighted by Gasteiger charge is 2.23. The zero-order valence-corrected chi connectivity index (χ0v) is 19.3. The van der Waals surface area contributed by atoms with Crippen LogP contribution in [0.25, 0.3) is 0 Å². The van der Waals surface area contributed by atoms with Crippen LogP contribution in [0.5, 0.6) is 0 Å². The molecule has 6 nitrogen and oxygen atoms in total. The highest BCUT2D eigenvalue weighted by Crippen LogP contribution is 2.10. The molecule has 0 aliphatic carbocycles. The van der Waals surface area contributed by atoms with Gasteiger partial charge in [0.1, 0.15) is 6.04 Å². The molecule has 34 heavy (non-hydrogen) atoms. The molecular weight excluding hydrogens is 428 g/mol. The number of carbonyl (C=O) groups is 3. The van der Waals surface area contributed by atoms with Crippen LogP contribution in [-0.2, 0) is 27.2 Å². The third-order valence-electron chi connectivity index (χ3n) is 5.39. The second kappa shape index (κ2) is 12.9. The van der Waals surface area contributed by atoms with Gasteiger partial charge in [0.15, 0.2) is 0 Å². The van der Waals surface area contributed by atoms with Crippen molar-refractivity contribution < 1.29 is 19.1 Å². The lowest BCUT2D eigenvalue weighted by Gasteiger charge is -2.22. The van der Waals surface area contributed by atoms with Gasteiger partial charge in [0.2, 0.25) is 5.91 Å². The number of ether oxygens (including phenoxy) is 1. The average Bonchev–Trinajstić information content (AvgIpc) is 2.86. The first-order valence-corrected chi connectivity index (χ1v) is 11.4. The number of esters is 1. The first-order chi connectivity index (χ1) is 16.5. The summed E-state index contributed by atoms with van der Waals surface area (Å²) in [4.78, 5) is 37.3. The van der Waals surface area contributed by atoms with E-state index in [0.29, 0.717) is 24.9 Å². The Balaban J connectivity index is 1.68. The molecule has 0 aliphatic rings. The van der Waals surface area contributed by atoms with Gasteiger partial charge in [-0.05, 0) is 29.7 Å². The molecule has 0 aliphatic heterocycles. The Labute approximate surface area is 200 Å². The Morgan fingerprint density at radius 1 is 0.765 bits per heavy atom. The topological polar surface area (TPSA) is 84.5 Å². The van der Waals surface area contributed by atoms with Crippen molar-refractivity contribution in [2.75, 3.05) is 13.2 Å². The standard InChI is InChI=1S/C28H30N2O4/c1-21(31)34-20-24(17-22-11-5-2-6-12-22)19-29-28(33)26(18-23-13-7-3-8-14-23)30-27(32)25-15-9-4-10-16-25/h2-16,24,26H,17-20H2,1H3,(H,29,33)(H,30,32). The molecule has 3 rings (SSSR count). The van der Waals surface area contributed by atoms with Crippen LogP contribution >= 0.6 is 0 Å². The summed E-state index contributed by atoms with van der Waals surface area (Å²) in [6.45, 7) is 1.88. The van der Waals surface area contributed by atoms with Crippen molar-refractivity contribution in [1.82, 2.24) is 10.6 Å². The molecule has 176 valence electrons. The van der Waals surface area contributed by atoms with Crippen LogP contribution in [0.3, 0.4) is 0 Å². The fourth-order valence-corrected chi connectivity index (χ4v) is 3.63. The van der Waals surface area contributed by atoms with Crippen molar-refractivity contribution in [2.24, 2.45) is 5.92 Å². The molecule has 2 unspecified atom stereocenters. The molecule has 0 radical (unpaired) electrons. The van der Waals surface area contributed by atoms with Crippen molar-refractivity contribution in [1.29, 1.82) is 0 Å². The first kappa shape index (κ1) is 24.7. The third kappa shape index (κ3) is 8.20. The molecule has 2 amide bonds. The van der Waals surface area contributed by atoms with Gasteiger partial charge in [-0.3, -0.25) is 14.4 Å². The quantitative estimate of drug-likeness (QED) is 0.430. The molecule has 0 saturated heterocycles. The van der Waals surface area contributed by atoms with Crippen molar-refractivity contribution in [3.63, 3.8) is 0 Å². The van der Waals surface area contributed by atoms with Gasteiger partial charge in [0, 0.05) is 31.4 Å². The highest BCUT2D eigenvalue weighted by atomic mass is 16.5. The minimum Gasteiger partial charge on any atom is -0.465 e. The van der Waals surface area contributed by atoms with Crippen molar-refractivity contribution in [3.05, 3.63) is 108 Å². The molecule has 0 spiro atoms. The van der Waals surface area contributed by atoms with Gasteiger partial charge in [-0.15, -0.1) is 0 Å². The van der Waals surface area contributed by atoms with E-state index in [1.807, 2.05) is 66.7 Å². The number of carbonyl (C=O) groups excluding carboxylic acids is 3. The van der Waals surface area contributed by atoms with Crippen molar-refractivity contribution in [3.8, 4) is 0 Å². The molecular formula is C28H30N2O4. The van der Waals surface area contributed by atoms with Crippen LogP contribution in [0.15, 0.2) is 91.0 Å². The zero-order valence-electron chi connectivity index (χ0n) is 19.3. The molecule has 0 fully saturated rings. The van der Waals surface area contributed by atoms with E-state index < -0.39 is 6.04 Å². The first-order valence-electron chi connectivity index (χ1n) is 11.4. The van der Waals surface area contributed by atoms with Gasteiger partial charge in [0.05, 0.1) is 6.61 Å². The van der Waals surface area contributed by atoms with Crippen LogP contribution in [0.2, 0.25) is 0 Å². The Bertz CT molecular complexity index is 1060. The maximum atomic E-state index is 13.2. The highest BCUT2D eigenvalue weighted by molar-refractivity contribution is 5.97. The van der Waals surface area contributed by atoms with Gasteiger partial charge in [-0.1, -0.05) is 78.9 Å². The monoisotopic (exact) mass is 458 g/mol. The summed E-state index contributed by atoms with van der Waals surface area (Å²) in [5.41, 5.74) is 2.52. The molecule has 6 heteroatoms. The fourth-order valence-electron chi connectivity index (χ4n) is 3.63. The molecule has 0 aromatic heterocycles. The molecule has 2 atom stereocenters. The molecule has 3 aromatic carbocycles. The largest absolute Gasteiger partial charge is 0.465 e. The lowest BCUT2D eigenvalue weighted by Crippen LogP contribution is -2.49. The normalized spacial score (nSPS) is 12.3. The Kier molecular flexibility index (Phi) is 9.40. The van der Waals surface area contributed by atoms with Gasteiger partial charge in [-0.25, -0.2) is 0 Å². The van der Waals surface area contributed by atoms with Gasteiger partial charge in [-0.2, -0.15) is 0 Å². The summed E-state index contributed by atoms with van der Waals surface area (Å²) in [7, 11) is 0. The van der Waals surface area contributed by atoms with E-state index in [0.717, 1.165) is 11.1 Å². The fraction of sp³-hybridized carbons (Fsp3) is 0.250. The molecule has 2 N–H and O–H groups in total. The lowest BCUT2D eigenvalue weighted by atomic mass is 9.99. The van der Waals surface area contributed by atoms with E-state index in [1.165, 1.54) is 6.92 Å². The van der Waals surface area contributed by atoms with Crippen LogP contribution < -0.4 is 10.6 Å². The second-order valence-corrected chi connectivity index (χ2v) is 8.19. The van der Waals surface area contributed by atoms with E-state index in [1.54, 1.807) is 24.3 Å². The SMILES string of the molecule is CC(=O)OCC(CNC(=O)C(Cc1ccccc1)NC(=O)c1ccccc1)Cc1ccccc1. The van der Waals surface area contributed by atoms with Gasteiger partial charge < -0.3 is 15.4 Å². The maximum Gasteiger partial charge on any atom is 0.302 e. The Morgan fingerprint density at radius 3 is 1.85 bits per heavy atom. The lowest BCUT2D eigenvalue weighted by molar-refractivity contribution is -0.142. The number of amides is 2. The Morgan fingerprint density at radius 2 is 1.29 bits per heavy atom. The van der Waals surface area contributed by atoms with E-state index in [-0.39, 0.29) is 30.3 Å². The minimum atomic E-state index is -0.749. The number of hydrogen-bond donors (Lipinski definition) is 2. The van der Waals surface area contributed by atoms with Crippen molar-refractivity contribution in [2.45, 2.75) is 25.8 Å². The number of rotatable bonds is 11. The molecule has 0 saturated carbocycles. The van der Waals surface area contributed by atoms with Crippen LogP contribution in [0.1, 0.15) is 28.4 Å². The number of hydrogen-bond acceptors (Lipinski definition) is 4. The Hall–Kier alpha value is -3.93. The van der Waals surface area contributed by atoms with Gasteiger partial charge >= 0.3 is 5.97 Å². The van der Waals surface area contributed by atoms with Crippen molar-refractivity contribution >= 4 is 17.8 Å². The van der Waals surface area contributed by atoms with E-state index in [9.17, 15) is 14.4 Å². The predicted octanol–water partition coefficient (Wildman–Crippen LogP) is 3.57. The number of nitrogens with one attached hydrogen (secondary N) is 2. The smallest absolute Gasteiger partial charge is 0.302 e. The minimum absolute atomic E-state index is 0.0996. The van der Waals surface area contributed by atoms with E-state index >= 15 is 0 Å². The predicted molar refractivity (Wildman–Crippen MR) is 131 cm³/mol. The van der Waals surface area contributed by atoms with Crippen LogP contribution in [-0.4, -0.2) is 37.0 Å². The molecule has 0 heterocycles. The van der Waals surface area contributed by atoms with E-state index in [4.69, 9.17) is 4.74 Å². The summed E-state index contributed by atoms with van der Waals surface area (Å²) in [5.74, 6) is -1.05. The second-order valence-electron chi connectivity index (χ2n) is 8.19. The maximum absolute atomic E-state index is 13.2. The summed E-state index contributed by atoms with van der Waals surface area (Å²) < 4.78 is 5.23. The summed E-state index contributed by atoms with van der Waals surface area (Å²) in [6, 6.07) is 27.5. The average molecular weight is 459 g/mol. The van der Waals surface area contributed by atoms with Crippen LogP contribution in [0.4, 0.5) is 0 Å². The zero-order chi connectivity index (χ0) is 24.2. The van der Waals surface area contributed by atoms with Crippen LogP contribution in [0, 0.1) is 5.92 Å².